The molecule has 192 valence electrons. The summed E-state index contributed by atoms with van der Waals surface area (Å²) in [6, 6.07) is 25.5. The summed E-state index contributed by atoms with van der Waals surface area (Å²) in [5, 5.41) is 12.8. The van der Waals surface area contributed by atoms with Gasteiger partial charge in [-0.2, -0.15) is 5.10 Å². The lowest BCUT2D eigenvalue weighted by Gasteiger charge is -2.10. The second-order valence-electron chi connectivity index (χ2n) is 8.56. The van der Waals surface area contributed by atoms with Gasteiger partial charge in [-0.25, -0.2) is 13.1 Å². The van der Waals surface area contributed by atoms with Gasteiger partial charge in [-0.1, -0.05) is 18.2 Å². The number of sulfonamides is 1. The Hall–Kier alpha value is -4.70. The van der Waals surface area contributed by atoms with Crippen LogP contribution in [0.3, 0.4) is 0 Å². The number of para-hydroxylation sites is 1. The lowest BCUT2D eigenvalue weighted by atomic mass is 10.2. The van der Waals surface area contributed by atoms with Crippen LogP contribution in [0.1, 0.15) is 17.0 Å². The van der Waals surface area contributed by atoms with Crippen LogP contribution in [0.25, 0.3) is 5.82 Å². The topological polar surface area (TPSA) is 108 Å². The first-order valence-electron chi connectivity index (χ1n) is 11.8. The van der Waals surface area contributed by atoms with Gasteiger partial charge >= 0.3 is 0 Å². The van der Waals surface area contributed by atoms with Crippen molar-refractivity contribution in [2.24, 2.45) is 0 Å². The van der Waals surface area contributed by atoms with Crippen LogP contribution in [0.15, 0.2) is 95.9 Å². The standard InChI is InChI=1S/C28H25N5O4S/c1-19-20(2)31-33(21(19)3)27-17-18-28(30-29-27)37-25-11-9-22(10-12-25)32-38(34,35)26-15-13-24(14-16-26)36-23-7-5-4-6-8-23/h4-18,32H,1-3H3. The Balaban J connectivity index is 1.22. The molecule has 0 spiro atoms. The van der Waals surface area contributed by atoms with E-state index in [-0.39, 0.29) is 4.90 Å². The van der Waals surface area contributed by atoms with Crippen LogP contribution in [0.2, 0.25) is 0 Å². The molecule has 3 aromatic carbocycles. The van der Waals surface area contributed by atoms with Crippen molar-refractivity contribution in [3.63, 3.8) is 0 Å². The van der Waals surface area contributed by atoms with E-state index < -0.39 is 10.0 Å². The molecule has 0 unspecified atom stereocenters. The van der Waals surface area contributed by atoms with Crippen molar-refractivity contribution < 1.29 is 17.9 Å². The lowest BCUT2D eigenvalue weighted by molar-refractivity contribution is 0.454. The third-order valence-corrected chi connectivity index (χ3v) is 7.34. The van der Waals surface area contributed by atoms with E-state index in [1.165, 1.54) is 12.1 Å². The maximum Gasteiger partial charge on any atom is 0.261 e. The Bertz CT molecular complexity index is 1650. The fourth-order valence-electron chi connectivity index (χ4n) is 3.66. The average Bonchev–Trinajstić information content (AvgIpc) is 3.18. The normalized spacial score (nSPS) is 11.2. The quantitative estimate of drug-likeness (QED) is 0.265. The van der Waals surface area contributed by atoms with Gasteiger partial charge in [-0.05, 0) is 93.1 Å². The molecule has 1 N–H and O–H groups in total. The first-order valence-corrected chi connectivity index (χ1v) is 13.3. The van der Waals surface area contributed by atoms with E-state index in [4.69, 9.17) is 9.47 Å². The van der Waals surface area contributed by atoms with E-state index in [9.17, 15) is 8.42 Å². The zero-order valence-electron chi connectivity index (χ0n) is 21.0. The fourth-order valence-corrected chi connectivity index (χ4v) is 4.72. The summed E-state index contributed by atoms with van der Waals surface area (Å²) in [6.07, 6.45) is 0. The summed E-state index contributed by atoms with van der Waals surface area (Å²) < 4.78 is 41.5. The van der Waals surface area contributed by atoms with Crippen molar-refractivity contribution in [1.29, 1.82) is 0 Å². The van der Waals surface area contributed by atoms with Gasteiger partial charge in [0.2, 0.25) is 5.88 Å². The van der Waals surface area contributed by atoms with Gasteiger partial charge < -0.3 is 9.47 Å². The number of hydrogen-bond acceptors (Lipinski definition) is 7. The molecule has 0 fully saturated rings. The van der Waals surface area contributed by atoms with E-state index >= 15 is 0 Å². The molecular weight excluding hydrogens is 502 g/mol. The lowest BCUT2D eigenvalue weighted by Crippen LogP contribution is -2.12. The van der Waals surface area contributed by atoms with Gasteiger partial charge in [-0.3, -0.25) is 4.72 Å². The third-order valence-electron chi connectivity index (χ3n) is 5.94. The maximum absolute atomic E-state index is 12.8. The monoisotopic (exact) mass is 527 g/mol. The van der Waals surface area contributed by atoms with Crippen LogP contribution in [0.4, 0.5) is 5.69 Å². The molecule has 2 heterocycles. The Morgan fingerprint density at radius 2 is 1.34 bits per heavy atom. The summed E-state index contributed by atoms with van der Waals surface area (Å²) in [7, 11) is -3.79. The largest absolute Gasteiger partial charge is 0.457 e. The minimum atomic E-state index is -3.79. The number of ether oxygens (including phenoxy) is 2. The molecule has 2 aromatic heterocycles. The molecule has 0 aliphatic rings. The average molecular weight is 528 g/mol. The van der Waals surface area contributed by atoms with Crippen LogP contribution >= 0.6 is 0 Å². The van der Waals surface area contributed by atoms with Crippen LogP contribution < -0.4 is 14.2 Å². The zero-order chi connectivity index (χ0) is 26.7. The summed E-state index contributed by atoms with van der Waals surface area (Å²) in [4.78, 5) is 0.117. The molecule has 5 aromatic rings. The van der Waals surface area contributed by atoms with Gasteiger partial charge in [0.05, 0.1) is 10.6 Å². The highest BCUT2D eigenvalue weighted by molar-refractivity contribution is 7.92. The Morgan fingerprint density at radius 1 is 0.711 bits per heavy atom. The summed E-state index contributed by atoms with van der Waals surface area (Å²) in [6.45, 7) is 5.94. The van der Waals surface area contributed by atoms with E-state index in [0.29, 0.717) is 34.6 Å². The minimum absolute atomic E-state index is 0.117. The molecule has 0 aliphatic carbocycles. The number of benzene rings is 3. The first-order chi connectivity index (χ1) is 18.3. The van der Waals surface area contributed by atoms with Crippen molar-refractivity contribution in [3.05, 3.63) is 108 Å². The predicted octanol–water partition coefficient (Wildman–Crippen LogP) is 5.97. The van der Waals surface area contributed by atoms with Crippen molar-refractivity contribution in [2.45, 2.75) is 25.7 Å². The molecule has 0 bridgehead atoms. The molecule has 5 rings (SSSR count). The number of anilines is 1. The number of nitrogens with one attached hydrogen (secondary N) is 1. The molecule has 0 saturated carbocycles. The first kappa shape index (κ1) is 25.0. The number of nitrogens with zero attached hydrogens (tertiary/aromatic N) is 4. The van der Waals surface area contributed by atoms with Crippen LogP contribution in [-0.4, -0.2) is 28.4 Å². The van der Waals surface area contributed by atoms with Crippen molar-refractivity contribution in [3.8, 4) is 28.9 Å². The minimum Gasteiger partial charge on any atom is -0.457 e. The zero-order valence-corrected chi connectivity index (χ0v) is 21.8. The second kappa shape index (κ2) is 10.3. The third kappa shape index (κ3) is 5.50. The van der Waals surface area contributed by atoms with Crippen LogP contribution in [0.5, 0.6) is 23.1 Å². The molecular formula is C28H25N5O4S. The molecule has 0 saturated heterocycles. The van der Waals surface area contributed by atoms with E-state index in [2.05, 4.69) is 20.0 Å². The Labute approximate surface area is 220 Å². The molecule has 0 amide bonds. The molecule has 9 nitrogen and oxygen atoms in total. The van der Waals surface area contributed by atoms with Gasteiger partial charge in [-0.15, -0.1) is 10.2 Å². The van der Waals surface area contributed by atoms with E-state index in [1.807, 2.05) is 51.1 Å². The van der Waals surface area contributed by atoms with Gasteiger partial charge in [0.1, 0.15) is 17.2 Å². The van der Waals surface area contributed by atoms with E-state index in [1.54, 1.807) is 53.2 Å². The van der Waals surface area contributed by atoms with Crippen molar-refractivity contribution in [1.82, 2.24) is 20.0 Å². The van der Waals surface area contributed by atoms with Crippen LogP contribution in [-0.2, 0) is 10.0 Å². The van der Waals surface area contributed by atoms with Gasteiger partial charge in [0.15, 0.2) is 5.82 Å². The molecule has 0 aliphatic heterocycles. The molecule has 0 atom stereocenters. The maximum atomic E-state index is 12.8. The highest BCUT2D eigenvalue weighted by Gasteiger charge is 2.15. The van der Waals surface area contributed by atoms with E-state index in [0.717, 1.165) is 17.0 Å². The summed E-state index contributed by atoms with van der Waals surface area (Å²) in [5.41, 5.74) is 3.44. The number of aromatic nitrogens is 4. The summed E-state index contributed by atoms with van der Waals surface area (Å²) in [5.74, 6) is 2.59. The van der Waals surface area contributed by atoms with Crippen molar-refractivity contribution in [2.75, 3.05) is 4.72 Å². The number of rotatable bonds is 8. The molecule has 10 heteroatoms. The number of hydrogen-bond donors (Lipinski definition) is 1. The summed E-state index contributed by atoms with van der Waals surface area (Å²) >= 11 is 0. The molecule has 0 radical (unpaired) electrons. The predicted molar refractivity (Wildman–Crippen MR) is 144 cm³/mol. The molecule has 38 heavy (non-hydrogen) atoms. The number of aryl methyl sites for hydroxylation is 1. The highest BCUT2D eigenvalue weighted by atomic mass is 32.2. The van der Waals surface area contributed by atoms with Gasteiger partial charge in [0.25, 0.3) is 10.0 Å². The highest BCUT2D eigenvalue weighted by Crippen LogP contribution is 2.26. The van der Waals surface area contributed by atoms with Crippen molar-refractivity contribution >= 4 is 15.7 Å². The van der Waals surface area contributed by atoms with Crippen LogP contribution in [0, 0.1) is 20.8 Å². The Morgan fingerprint density at radius 3 is 1.95 bits per heavy atom. The Kier molecular flexibility index (Phi) is 6.80. The second-order valence-corrected chi connectivity index (χ2v) is 10.2. The fraction of sp³-hybridized carbons (Fsp3) is 0.107. The van der Waals surface area contributed by atoms with Gasteiger partial charge in [0, 0.05) is 17.4 Å². The SMILES string of the molecule is Cc1nn(-c2ccc(Oc3ccc(NS(=O)(=O)c4ccc(Oc5ccccc5)cc4)cc3)nn2)c(C)c1C. The smallest absolute Gasteiger partial charge is 0.261 e.